The highest BCUT2D eigenvalue weighted by atomic mass is 16.5. The number of hydrogen-bond acceptors (Lipinski definition) is 2. The van der Waals surface area contributed by atoms with Crippen molar-refractivity contribution in [2.24, 2.45) is 5.92 Å². The number of ether oxygens (including phenoxy) is 1. The predicted molar refractivity (Wildman–Crippen MR) is 69.8 cm³/mol. The van der Waals surface area contributed by atoms with E-state index in [9.17, 15) is 0 Å². The highest BCUT2D eigenvalue weighted by molar-refractivity contribution is 4.69. The second-order valence-electron chi connectivity index (χ2n) is 5.10. The van der Waals surface area contributed by atoms with Crippen molar-refractivity contribution in [1.29, 1.82) is 0 Å². The molecule has 1 unspecified atom stereocenters. The van der Waals surface area contributed by atoms with Crippen LogP contribution < -0.4 is 5.32 Å². The van der Waals surface area contributed by atoms with Gasteiger partial charge in [-0.1, -0.05) is 39.5 Å². The minimum Gasteiger partial charge on any atom is -0.380 e. The van der Waals surface area contributed by atoms with Crippen LogP contribution in [0.1, 0.15) is 58.8 Å². The fourth-order valence-corrected chi connectivity index (χ4v) is 2.20. The molecule has 0 bridgehead atoms. The molecule has 0 spiro atoms. The number of rotatable bonds is 10. The Morgan fingerprint density at radius 1 is 1.25 bits per heavy atom. The van der Waals surface area contributed by atoms with Crippen molar-refractivity contribution in [2.45, 2.75) is 64.8 Å². The lowest BCUT2D eigenvalue weighted by Crippen LogP contribution is -2.34. The van der Waals surface area contributed by atoms with Crippen molar-refractivity contribution >= 4 is 0 Å². The first-order chi connectivity index (χ1) is 7.86. The van der Waals surface area contributed by atoms with Gasteiger partial charge >= 0.3 is 0 Å². The van der Waals surface area contributed by atoms with Gasteiger partial charge in [0.2, 0.25) is 0 Å². The molecule has 0 aliphatic heterocycles. The molecule has 1 aliphatic carbocycles. The van der Waals surface area contributed by atoms with Crippen LogP contribution in [-0.2, 0) is 4.74 Å². The summed E-state index contributed by atoms with van der Waals surface area (Å²) in [5, 5.41) is 3.56. The summed E-state index contributed by atoms with van der Waals surface area (Å²) in [5.41, 5.74) is 0. The highest BCUT2D eigenvalue weighted by Gasteiger charge is 2.16. The number of nitrogens with one attached hydrogen (secondary N) is 1. The van der Waals surface area contributed by atoms with Crippen LogP contribution in [0.5, 0.6) is 0 Å². The van der Waals surface area contributed by atoms with E-state index in [-0.39, 0.29) is 0 Å². The summed E-state index contributed by atoms with van der Waals surface area (Å²) in [6.07, 6.45) is 9.30. The van der Waals surface area contributed by atoms with Gasteiger partial charge in [0.1, 0.15) is 0 Å². The van der Waals surface area contributed by atoms with Crippen LogP contribution in [0.4, 0.5) is 0 Å². The lowest BCUT2D eigenvalue weighted by molar-refractivity contribution is 0.0868. The van der Waals surface area contributed by atoms with Gasteiger partial charge in [-0.2, -0.15) is 0 Å². The van der Waals surface area contributed by atoms with Crippen LogP contribution in [0.3, 0.4) is 0 Å². The Balaban J connectivity index is 1.96. The predicted octanol–water partition coefficient (Wildman–Crippen LogP) is 3.36. The molecule has 0 radical (unpaired) electrons. The summed E-state index contributed by atoms with van der Waals surface area (Å²) in [4.78, 5) is 0. The first kappa shape index (κ1) is 14.0. The van der Waals surface area contributed by atoms with Gasteiger partial charge in [-0.05, 0) is 31.7 Å². The minimum atomic E-state index is 0.575. The Kier molecular flexibility index (Phi) is 7.87. The van der Waals surface area contributed by atoms with Gasteiger partial charge < -0.3 is 10.1 Å². The van der Waals surface area contributed by atoms with Crippen molar-refractivity contribution in [3.63, 3.8) is 0 Å². The van der Waals surface area contributed by atoms with Crippen molar-refractivity contribution in [2.75, 3.05) is 19.8 Å². The Labute approximate surface area is 101 Å². The van der Waals surface area contributed by atoms with Crippen molar-refractivity contribution < 1.29 is 4.74 Å². The Morgan fingerprint density at radius 2 is 2.06 bits per heavy atom. The normalized spacial score (nSPS) is 18.4. The van der Waals surface area contributed by atoms with Crippen LogP contribution in [0, 0.1) is 5.92 Å². The Morgan fingerprint density at radius 3 is 2.62 bits per heavy atom. The molecule has 16 heavy (non-hydrogen) atoms. The van der Waals surface area contributed by atoms with E-state index in [0.29, 0.717) is 6.04 Å². The van der Waals surface area contributed by atoms with Gasteiger partial charge in [0, 0.05) is 12.6 Å². The van der Waals surface area contributed by atoms with Gasteiger partial charge in [-0.25, -0.2) is 0 Å². The standard InChI is InChI=1S/C14H29NO/c1-3-6-14(15-10-4-2)12-16-11-9-13-7-5-8-13/h13-15H,3-12H2,1-2H3. The van der Waals surface area contributed by atoms with Crippen LogP contribution >= 0.6 is 0 Å². The molecule has 0 amide bonds. The molecule has 1 saturated carbocycles. The van der Waals surface area contributed by atoms with E-state index in [4.69, 9.17) is 4.74 Å². The van der Waals surface area contributed by atoms with Gasteiger partial charge in [-0.3, -0.25) is 0 Å². The summed E-state index contributed by atoms with van der Waals surface area (Å²) in [6.45, 7) is 7.46. The quantitative estimate of drug-likeness (QED) is 0.578. The Hall–Kier alpha value is -0.0800. The van der Waals surface area contributed by atoms with E-state index in [1.807, 2.05) is 0 Å². The molecule has 1 N–H and O–H groups in total. The van der Waals surface area contributed by atoms with E-state index in [0.717, 1.165) is 25.7 Å². The van der Waals surface area contributed by atoms with Gasteiger partial charge in [0.25, 0.3) is 0 Å². The van der Waals surface area contributed by atoms with Gasteiger partial charge in [-0.15, -0.1) is 0 Å². The lowest BCUT2D eigenvalue weighted by Gasteiger charge is -2.25. The maximum Gasteiger partial charge on any atom is 0.0619 e. The molecule has 1 atom stereocenters. The van der Waals surface area contributed by atoms with Gasteiger partial charge in [0.15, 0.2) is 0 Å². The van der Waals surface area contributed by atoms with E-state index in [1.165, 1.54) is 44.9 Å². The molecular formula is C14H29NO. The molecule has 0 aromatic carbocycles. The third-order valence-electron chi connectivity index (χ3n) is 3.53. The zero-order chi connectivity index (χ0) is 11.6. The molecule has 0 aromatic heterocycles. The van der Waals surface area contributed by atoms with Gasteiger partial charge in [0.05, 0.1) is 6.61 Å². The Bertz CT molecular complexity index is 157. The molecule has 0 heterocycles. The monoisotopic (exact) mass is 227 g/mol. The summed E-state index contributed by atoms with van der Waals surface area (Å²) >= 11 is 0. The number of hydrogen-bond donors (Lipinski definition) is 1. The second kappa shape index (κ2) is 9.00. The van der Waals surface area contributed by atoms with Crippen molar-refractivity contribution in [3.8, 4) is 0 Å². The third kappa shape index (κ3) is 5.86. The van der Waals surface area contributed by atoms with E-state index < -0.39 is 0 Å². The zero-order valence-electron chi connectivity index (χ0n) is 11.1. The fraction of sp³-hybridized carbons (Fsp3) is 1.00. The molecule has 1 rings (SSSR count). The average molecular weight is 227 g/mol. The third-order valence-corrected chi connectivity index (χ3v) is 3.53. The molecule has 1 aliphatic rings. The van der Waals surface area contributed by atoms with Crippen LogP contribution in [0.15, 0.2) is 0 Å². The summed E-state index contributed by atoms with van der Waals surface area (Å²) in [6, 6.07) is 0.575. The van der Waals surface area contributed by atoms with E-state index >= 15 is 0 Å². The fourth-order valence-electron chi connectivity index (χ4n) is 2.20. The molecule has 1 fully saturated rings. The van der Waals surface area contributed by atoms with E-state index in [1.54, 1.807) is 0 Å². The maximum atomic E-state index is 5.79. The second-order valence-corrected chi connectivity index (χ2v) is 5.10. The summed E-state index contributed by atoms with van der Waals surface area (Å²) in [7, 11) is 0. The first-order valence-electron chi connectivity index (χ1n) is 7.18. The SMILES string of the molecule is CCCNC(CCC)COCCC1CCC1. The van der Waals surface area contributed by atoms with Crippen LogP contribution in [0.25, 0.3) is 0 Å². The summed E-state index contributed by atoms with van der Waals surface area (Å²) < 4.78 is 5.79. The minimum absolute atomic E-state index is 0.575. The van der Waals surface area contributed by atoms with E-state index in [2.05, 4.69) is 19.2 Å². The topological polar surface area (TPSA) is 21.3 Å². The van der Waals surface area contributed by atoms with Crippen LogP contribution in [0.2, 0.25) is 0 Å². The molecule has 2 heteroatoms. The molecule has 96 valence electrons. The van der Waals surface area contributed by atoms with Crippen molar-refractivity contribution in [1.82, 2.24) is 5.32 Å². The molecule has 2 nitrogen and oxygen atoms in total. The average Bonchev–Trinajstić information content (AvgIpc) is 2.23. The first-order valence-corrected chi connectivity index (χ1v) is 7.18. The van der Waals surface area contributed by atoms with Crippen molar-refractivity contribution in [3.05, 3.63) is 0 Å². The summed E-state index contributed by atoms with van der Waals surface area (Å²) in [5.74, 6) is 0.980. The molecule has 0 saturated heterocycles. The largest absolute Gasteiger partial charge is 0.380 e. The maximum absolute atomic E-state index is 5.79. The highest BCUT2D eigenvalue weighted by Crippen LogP contribution is 2.29. The van der Waals surface area contributed by atoms with Crippen LogP contribution in [-0.4, -0.2) is 25.8 Å². The zero-order valence-corrected chi connectivity index (χ0v) is 11.1. The lowest BCUT2D eigenvalue weighted by atomic mass is 9.83. The smallest absolute Gasteiger partial charge is 0.0619 e. The molecular weight excluding hydrogens is 198 g/mol. The molecule has 0 aromatic rings.